The van der Waals surface area contributed by atoms with Crippen LogP contribution in [0.1, 0.15) is 5.56 Å². The van der Waals surface area contributed by atoms with Gasteiger partial charge in [0.15, 0.2) is 6.04 Å². The Bertz CT molecular complexity index is 506. The number of nitrogens with zero attached hydrogens (tertiary/aromatic N) is 1. The first-order chi connectivity index (χ1) is 9.44. The van der Waals surface area contributed by atoms with E-state index in [1.54, 1.807) is 6.07 Å². The molecule has 0 aliphatic carbocycles. The van der Waals surface area contributed by atoms with E-state index in [0.717, 1.165) is 12.1 Å². The third-order valence-corrected chi connectivity index (χ3v) is 3.08. The summed E-state index contributed by atoms with van der Waals surface area (Å²) < 4.78 is 33.2. The number of amides is 1. The second kappa shape index (κ2) is 5.54. The molecule has 7 heteroatoms. The Hall–Kier alpha value is -2.02. The maximum atomic E-state index is 14.1. The van der Waals surface area contributed by atoms with E-state index in [0.29, 0.717) is 4.90 Å². The lowest BCUT2D eigenvalue weighted by Gasteiger charge is -2.35. The number of aliphatic carboxylic acids is 1. The van der Waals surface area contributed by atoms with Gasteiger partial charge < -0.3 is 14.7 Å². The normalized spacial score (nSPS) is 19.7. The third kappa shape index (κ3) is 2.62. The molecule has 0 bridgehead atoms. The fourth-order valence-electron chi connectivity index (χ4n) is 2.00. The first-order valence-electron chi connectivity index (χ1n) is 5.99. The Morgan fingerprint density at radius 1 is 1.30 bits per heavy atom. The maximum Gasteiger partial charge on any atom is 0.349 e. The van der Waals surface area contributed by atoms with E-state index < -0.39 is 29.4 Å². The number of benzene rings is 1. The van der Waals surface area contributed by atoms with E-state index in [4.69, 9.17) is 9.84 Å². The first kappa shape index (κ1) is 14.4. The van der Waals surface area contributed by atoms with Crippen LogP contribution in [0.2, 0.25) is 0 Å². The second-order valence-corrected chi connectivity index (χ2v) is 4.37. The van der Waals surface area contributed by atoms with Gasteiger partial charge in [0.25, 0.3) is 5.91 Å². The van der Waals surface area contributed by atoms with Crippen molar-refractivity contribution in [1.82, 2.24) is 4.90 Å². The van der Waals surface area contributed by atoms with E-state index in [1.165, 1.54) is 12.1 Å². The lowest BCUT2D eigenvalue weighted by Crippen LogP contribution is -2.56. The number of rotatable bonds is 3. The van der Waals surface area contributed by atoms with Gasteiger partial charge in [-0.15, -0.1) is 0 Å². The van der Waals surface area contributed by atoms with Crippen LogP contribution in [0.5, 0.6) is 0 Å². The van der Waals surface area contributed by atoms with Gasteiger partial charge in [0.2, 0.25) is 0 Å². The average molecular weight is 285 g/mol. The Kier molecular flexibility index (Phi) is 3.99. The molecule has 1 unspecified atom stereocenters. The summed E-state index contributed by atoms with van der Waals surface area (Å²) >= 11 is 0. The van der Waals surface area contributed by atoms with Crippen LogP contribution in [-0.4, -0.2) is 47.7 Å². The van der Waals surface area contributed by atoms with E-state index >= 15 is 0 Å². The predicted octanol–water partition coefficient (Wildman–Crippen LogP) is 1.09. The summed E-state index contributed by atoms with van der Waals surface area (Å²) in [6, 6.07) is 5.22. The molecule has 1 aromatic rings. The van der Waals surface area contributed by atoms with Crippen LogP contribution >= 0.6 is 0 Å². The fraction of sp³-hybridized carbons (Fsp3) is 0.385. The molecule has 5 nitrogen and oxygen atoms in total. The highest BCUT2D eigenvalue weighted by Gasteiger charge is 2.47. The van der Waals surface area contributed by atoms with Crippen LogP contribution in [-0.2, 0) is 20.2 Å². The number of halogens is 2. The monoisotopic (exact) mass is 285 g/mol. The molecular formula is C13H13F2NO4. The highest BCUT2D eigenvalue weighted by molar-refractivity contribution is 5.89. The van der Waals surface area contributed by atoms with Crippen LogP contribution < -0.4 is 0 Å². The molecule has 1 heterocycles. The van der Waals surface area contributed by atoms with Crippen LogP contribution in [0.3, 0.4) is 0 Å². The Morgan fingerprint density at radius 2 is 1.95 bits per heavy atom. The zero-order chi connectivity index (χ0) is 14.8. The van der Waals surface area contributed by atoms with E-state index in [1.807, 2.05) is 0 Å². The predicted molar refractivity (Wildman–Crippen MR) is 64.3 cm³/mol. The van der Waals surface area contributed by atoms with E-state index in [2.05, 4.69) is 0 Å². The molecule has 2 rings (SSSR count). The quantitative estimate of drug-likeness (QED) is 0.902. The summed E-state index contributed by atoms with van der Waals surface area (Å²) in [5.74, 6) is -6.63. The van der Waals surface area contributed by atoms with Gasteiger partial charge in [-0.1, -0.05) is 30.3 Å². The Morgan fingerprint density at radius 3 is 2.55 bits per heavy atom. The van der Waals surface area contributed by atoms with Crippen molar-refractivity contribution in [3.05, 3.63) is 35.9 Å². The highest BCUT2D eigenvalue weighted by atomic mass is 19.3. The SMILES string of the molecule is O=C(O)C1COCCN1C(=O)C(F)(F)c1ccccc1. The molecule has 20 heavy (non-hydrogen) atoms. The minimum atomic E-state index is -3.76. The van der Waals surface area contributed by atoms with Gasteiger partial charge in [0.05, 0.1) is 13.2 Å². The molecule has 1 amide bonds. The number of morpholine rings is 1. The molecule has 0 radical (unpaired) electrons. The van der Waals surface area contributed by atoms with Gasteiger partial charge in [-0.05, 0) is 0 Å². The number of alkyl halides is 2. The van der Waals surface area contributed by atoms with Crippen LogP contribution in [0.15, 0.2) is 30.3 Å². The van der Waals surface area contributed by atoms with Crippen LogP contribution in [0, 0.1) is 0 Å². The number of carboxylic acid groups (broad SMARTS) is 1. The van der Waals surface area contributed by atoms with Gasteiger partial charge >= 0.3 is 11.9 Å². The summed E-state index contributed by atoms with van der Waals surface area (Å²) in [4.78, 5) is 23.7. The second-order valence-electron chi connectivity index (χ2n) is 4.37. The molecule has 108 valence electrons. The minimum Gasteiger partial charge on any atom is -0.480 e. The Labute approximate surface area is 113 Å². The number of ether oxygens (including phenoxy) is 1. The van der Waals surface area contributed by atoms with E-state index in [9.17, 15) is 18.4 Å². The summed E-state index contributed by atoms with van der Waals surface area (Å²) in [5.41, 5.74) is -0.458. The van der Waals surface area contributed by atoms with Crippen molar-refractivity contribution in [3.8, 4) is 0 Å². The molecule has 1 atom stereocenters. The number of carboxylic acids is 1. The van der Waals surface area contributed by atoms with E-state index in [-0.39, 0.29) is 19.8 Å². The summed E-state index contributed by atoms with van der Waals surface area (Å²) in [6.45, 7) is -0.412. The first-order valence-corrected chi connectivity index (χ1v) is 5.99. The van der Waals surface area contributed by atoms with Gasteiger partial charge in [-0.25, -0.2) is 4.79 Å². The lowest BCUT2D eigenvalue weighted by molar-refractivity contribution is -0.174. The molecule has 1 aliphatic rings. The van der Waals surface area contributed by atoms with Gasteiger partial charge in [-0.2, -0.15) is 8.78 Å². The smallest absolute Gasteiger partial charge is 0.349 e. The largest absolute Gasteiger partial charge is 0.480 e. The van der Waals surface area contributed by atoms with Crippen molar-refractivity contribution in [2.75, 3.05) is 19.8 Å². The molecule has 1 aromatic carbocycles. The molecule has 1 fully saturated rings. The Balaban J connectivity index is 2.27. The zero-order valence-electron chi connectivity index (χ0n) is 10.5. The lowest BCUT2D eigenvalue weighted by atomic mass is 10.1. The molecule has 0 saturated carbocycles. The van der Waals surface area contributed by atoms with Crippen molar-refractivity contribution in [2.24, 2.45) is 0 Å². The topological polar surface area (TPSA) is 66.8 Å². The molecular weight excluding hydrogens is 272 g/mol. The average Bonchev–Trinajstić information content (AvgIpc) is 2.47. The molecule has 1 N–H and O–H groups in total. The van der Waals surface area contributed by atoms with Crippen molar-refractivity contribution >= 4 is 11.9 Å². The van der Waals surface area contributed by atoms with Crippen molar-refractivity contribution in [3.63, 3.8) is 0 Å². The van der Waals surface area contributed by atoms with Crippen molar-refractivity contribution in [1.29, 1.82) is 0 Å². The molecule has 1 aliphatic heterocycles. The summed E-state index contributed by atoms with van der Waals surface area (Å²) in [5, 5.41) is 8.98. The van der Waals surface area contributed by atoms with Crippen LogP contribution in [0.25, 0.3) is 0 Å². The van der Waals surface area contributed by atoms with Crippen LogP contribution in [0.4, 0.5) is 8.78 Å². The summed E-state index contributed by atoms with van der Waals surface area (Å²) in [6.07, 6.45) is 0. The van der Waals surface area contributed by atoms with Gasteiger partial charge in [0, 0.05) is 12.1 Å². The van der Waals surface area contributed by atoms with Gasteiger partial charge in [-0.3, -0.25) is 4.79 Å². The maximum absolute atomic E-state index is 14.1. The fourth-order valence-corrected chi connectivity index (χ4v) is 2.00. The zero-order valence-corrected chi connectivity index (χ0v) is 10.5. The highest BCUT2D eigenvalue weighted by Crippen LogP contribution is 2.31. The standard InChI is InChI=1S/C13H13F2NO4/c14-13(15,9-4-2-1-3-5-9)12(19)16-6-7-20-8-10(16)11(17)18/h1-5,10H,6-8H2,(H,17,18). The van der Waals surface area contributed by atoms with Crippen molar-refractivity contribution < 1.29 is 28.2 Å². The molecule has 0 spiro atoms. The molecule has 1 saturated heterocycles. The van der Waals surface area contributed by atoms with Crippen molar-refractivity contribution in [2.45, 2.75) is 12.0 Å². The number of hydrogen-bond acceptors (Lipinski definition) is 3. The summed E-state index contributed by atoms with van der Waals surface area (Å²) in [7, 11) is 0. The number of carbonyl (C=O) groups excluding carboxylic acids is 1. The minimum absolute atomic E-state index is 0.0421. The number of hydrogen-bond donors (Lipinski definition) is 1. The van der Waals surface area contributed by atoms with Gasteiger partial charge in [0.1, 0.15) is 0 Å². The molecule has 0 aromatic heterocycles. The number of carbonyl (C=O) groups is 2. The third-order valence-electron chi connectivity index (χ3n) is 3.08.